The molecule has 0 saturated heterocycles. The second-order valence-electron chi connectivity index (χ2n) is 8.65. The smallest absolute Gasteiger partial charge is 0.158 e. The third-order valence-electron chi connectivity index (χ3n) is 5.86. The number of fused-ring (bicyclic) bond motifs is 1. The van der Waals surface area contributed by atoms with Crippen LogP contribution in [-0.4, -0.2) is 19.7 Å². The Balaban J connectivity index is 1.50. The molecular weight excluding hydrogens is 394 g/mol. The molecule has 1 aromatic carbocycles. The predicted octanol–water partition coefficient (Wildman–Crippen LogP) is 5.75. The first kappa shape index (κ1) is 21.8. The molecule has 164 valence electrons. The standard InChI is InChI=1S/C27H31N5/c1-17-10-13-22(14-11-17)21(5)28-20(4)12-15-23-16-18(2)25-26(31-32(6)27(25)30-23)24-9-7-8-19(3)29-24/h7-11,13-14,16,21,28H,4,12,15H2,1-3,5-6H3/t21-/m0/s1. The molecule has 0 amide bonds. The number of nitrogens with one attached hydrogen (secondary N) is 1. The highest BCUT2D eigenvalue weighted by Crippen LogP contribution is 2.29. The second kappa shape index (κ2) is 8.95. The summed E-state index contributed by atoms with van der Waals surface area (Å²) < 4.78 is 1.86. The molecule has 0 fully saturated rings. The first-order valence-corrected chi connectivity index (χ1v) is 11.1. The van der Waals surface area contributed by atoms with Gasteiger partial charge in [-0.15, -0.1) is 0 Å². The number of rotatable bonds is 7. The monoisotopic (exact) mass is 425 g/mol. The van der Waals surface area contributed by atoms with Gasteiger partial charge in [0.1, 0.15) is 5.69 Å². The molecule has 32 heavy (non-hydrogen) atoms. The van der Waals surface area contributed by atoms with Crippen LogP contribution in [0.4, 0.5) is 0 Å². The number of aryl methyl sites for hydroxylation is 5. The molecule has 0 aliphatic heterocycles. The summed E-state index contributed by atoms with van der Waals surface area (Å²) in [6.45, 7) is 12.6. The molecule has 5 heteroatoms. The molecule has 3 heterocycles. The van der Waals surface area contributed by atoms with Crippen LogP contribution < -0.4 is 5.32 Å². The lowest BCUT2D eigenvalue weighted by atomic mass is 10.0. The number of nitrogens with zero attached hydrogens (tertiary/aromatic N) is 4. The molecule has 0 bridgehead atoms. The van der Waals surface area contributed by atoms with Gasteiger partial charge in [-0.2, -0.15) is 5.10 Å². The SMILES string of the molecule is C=C(CCc1cc(C)c2c(-c3cccc(C)n3)nn(C)c2n1)N[C@@H](C)c1ccc(C)cc1. The highest BCUT2D eigenvalue weighted by molar-refractivity contribution is 5.93. The van der Waals surface area contributed by atoms with Crippen molar-refractivity contribution in [3.05, 3.63) is 88.9 Å². The zero-order valence-electron chi connectivity index (χ0n) is 19.6. The molecule has 0 radical (unpaired) electrons. The Labute approximate surface area is 190 Å². The Hall–Kier alpha value is -3.47. The van der Waals surface area contributed by atoms with Gasteiger partial charge in [-0.05, 0) is 69.9 Å². The van der Waals surface area contributed by atoms with Crippen molar-refractivity contribution in [1.29, 1.82) is 0 Å². The van der Waals surface area contributed by atoms with Crippen molar-refractivity contribution in [2.75, 3.05) is 0 Å². The lowest BCUT2D eigenvalue weighted by Crippen LogP contribution is -2.18. The van der Waals surface area contributed by atoms with Gasteiger partial charge in [0.05, 0.1) is 11.1 Å². The minimum absolute atomic E-state index is 0.224. The molecule has 5 nitrogen and oxygen atoms in total. The average molecular weight is 426 g/mol. The first-order valence-electron chi connectivity index (χ1n) is 11.1. The molecule has 4 aromatic rings. The van der Waals surface area contributed by atoms with Gasteiger partial charge < -0.3 is 5.32 Å². The maximum atomic E-state index is 4.93. The van der Waals surface area contributed by atoms with E-state index in [1.165, 1.54) is 16.7 Å². The Kier molecular flexibility index (Phi) is 6.08. The van der Waals surface area contributed by atoms with Crippen LogP contribution in [0.15, 0.2) is 60.8 Å². The fraction of sp³-hybridized carbons (Fsp3) is 0.296. The minimum atomic E-state index is 0.224. The van der Waals surface area contributed by atoms with Crippen LogP contribution in [0.5, 0.6) is 0 Å². The van der Waals surface area contributed by atoms with E-state index >= 15 is 0 Å². The molecule has 1 atom stereocenters. The van der Waals surface area contributed by atoms with Gasteiger partial charge in [-0.3, -0.25) is 4.98 Å². The van der Waals surface area contributed by atoms with Crippen LogP contribution in [-0.2, 0) is 13.5 Å². The average Bonchev–Trinajstić information content (AvgIpc) is 3.10. The van der Waals surface area contributed by atoms with Gasteiger partial charge in [0.2, 0.25) is 0 Å². The van der Waals surface area contributed by atoms with E-state index in [0.29, 0.717) is 0 Å². The van der Waals surface area contributed by atoms with Crippen molar-refractivity contribution in [2.45, 2.75) is 46.6 Å². The number of aromatic nitrogens is 4. The highest BCUT2D eigenvalue weighted by atomic mass is 15.3. The zero-order chi connectivity index (χ0) is 22.8. The second-order valence-corrected chi connectivity index (χ2v) is 8.65. The molecule has 0 unspecified atom stereocenters. The fourth-order valence-corrected chi connectivity index (χ4v) is 4.07. The zero-order valence-corrected chi connectivity index (χ0v) is 19.6. The van der Waals surface area contributed by atoms with Crippen LogP contribution >= 0.6 is 0 Å². The van der Waals surface area contributed by atoms with Gasteiger partial charge in [-0.25, -0.2) is 9.67 Å². The molecule has 0 aliphatic rings. The Bertz CT molecular complexity index is 1270. The van der Waals surface area contributed by atoms with E-state index in [0.717, 1.165) is 52.3 Å². The third-order valence-corrected chi connectivity index (χ3v) is 5.86. The van der Waals surface area contributed by atoms with E-state index in [9.17, 15) is 0 Å². The number of allylic oxidation sites excluding steroid dienone is 1. The van der Waals surface area contributed by atoms with Crippen molar-refractivity contribution in [1.82, 2.24) is 25.1 Å². The largest absolute Gasteiger partial charge is 0.382 e. The molecule has 0 saturated carbocycles. The van der Waals surface area contributed by atoms with Crippen LogP contribution in [0.2, 0.25) is 0 Å². The van der Waals surface area contributed by atoms with E-state index < -0.39 is 0 Å². The van der Waals surface area contributed by atoms with Crippen LogP contribution in [0.1, 0.15) is 47.5 Å². The van der Waals surface area contributed by atoms with Crippen molar-refractivity contribution in [3.63, 3.8) is 0 Å². The number of hydrogen-bond acceptors (Lipinski definition) is 4. The van der Waals surface area contributed by atoms with Gasteiger partial charge in [0.25, 0.3) is 0 Å². The number of pyridine rings is 2. The van der Waals surface area contributed by atoms with Crippen molar-refractivity contribution in [2.24, 2.45) is 7.05 Å². The minimum Gasteiger partial charge on any atom is -0.382 e. The summed E-state index contributed by atoms with van der Waals surface area (Å²) in [4.78, 5) is 9.59. The topological polar surface area (TPSA) is 55.6 Å². The normalized spacial score (nSPS) is 12.2. The van der Waals surface area contributed by atoms with Crippen LogP contribution in [0.25, 0.3) is 22.4 Å². The van der Waals surface area contributed by atoms with Crippen molar-refractivity contribution in [3.8, 4) is 11.4 Å². The molecule has 0 aliphatic carbocycles. The molecule has 3 aromatic heterocycles. The Morgan fingerprint density at radius 2 is 1.81 bits per heavy atom. The van der Waals surface area contributed by atoms with E-state index in [1.807, 2.05) is 36.9 Å². The van der Waals surface area contributed by atoms with E-state index in [1.54, 1.807) is 0 Å². The number of benzene rings is 1. The molecule has 4 rings (SSSR count). The first-order chi connectivity index (χ1) is 15.3. The van der Waals surface area contributed by atoms with E-state index in [2.05, 4.69) is 68.0 Å². The maximum Gasteiger partial charge on any atom is 0.158 e. The summed E-state index contributed by atoms with van der Waals surface area (Å²) in [7, 11) is 1.95. The van der Waals surface area contributed by atoms with Gasteiger partial charge >= 0.3 is 0 Å². The van der Waals surface area contributed by atoms with Gasteiger partial charge in [-0.1, -0.05) is 42.5 Å². The maximum absolute atomic E-state index is 4.93. The quantitative estimate of drug-likeness (QED) is 0.409. The summed E-state index contributed by atoms with van der Waals surface area (Å²) >= 11 is 0. The van der Waals surface area contributed by atoms with Crippen molar-refractivity contribution < 1.29 is 0 Å². The lowest BCUT2D eigenvalue weighted by Gasteiger charge is -2.18. The number of hydrogen-bond donors (Lipinski definition) is 1. The lowest BCUT2D eigenvalue weighted by molar-refractivity contribution is 0.627. The Morgan fingerprint density at radius 3 is 2.53 bits per heavy atom. The summed E-state index contributed by atoms with van der Waals surface area (Å²) in [5.41, 5.74) is 9.42. The highest BCUT2D eigenvalue weighted by Gasteiger charge is 2.17. The molecule has 1 N–H and O–H groups in total. The summed E-state index contributed by atoms with van der Waals surface area (Å²) in [5.74, 6) is 0. The Morgan fingerprint density at radius 1 is 1.06 bits per heavy atom. The summed E-state index contributed by atoms with van der Waals surface area (Å²) in [5, 5.41) is 9.34. The van der Waals surface area contributed by atoms with E-state index in [4.69, 9.17) is 10.1 Å². The van der Waals surface area contributed by atoms with Gasteiger partial charge in [0.15, 0.2) is 5.65 Å². The van der Waals surface area contributed by atoms with Crippen LogP contribution in [0.3, 0.4) is 0 Å². The van der Waals surface area contributed by atoms with Gasteiger partial charge in [0, 0.05) is 30.2 Å². The molecule has 0 spiro atoms. The summed E-state index contributed by atoms with van der Waals surface area (Å²) in [6, 6.07) is 17.0. The third kappa shape index (κ3) is 4.57. The van der Waals surface area contributed by atoms with Crippen LogP contribution in [0, 0.1) is 20.8 Å². The summed E-state index contributed by atoms with van der Waals surface area (Å²) in [6.07, 6.45) is 1.66. The van der Waals surface area contributed by atoms with Crippen molar-refractivity contribution >= 4 is 11.0 Å². The van der Waals surface area contributed by atoms with E-state index in [-0.39, 0.29) is 6.04 Å². The molecular formula is C27H31N5. The fourth-order valence-electron chi connectivity index (χ4n) is 4.07. The predicted molar refractivity (Wildman–Crippen MR) is 131 cm³/mol.